The topological polar surface area (TPSA) is 45.1 Å². The van der Waals surface area contributed by atoms with Crippen LogP contribution in [0.3, 0.4) is 0 Å². The van der Waals surface area contributed by atoms with Crippen molar-refractivity contribution in [3.63, 3.8) is 0 Å². The van der Waals surface area contributed by atoms with E-state index in [1.165, 1.54) is 12.1 Å². The Bertz CT molecular complexity index is 501. The first-order valence-electron chi connectivity index (χ1n) is 5.69. The van der Waals surface area contributed by atoms with Gasteiger partial charge in [0.15, 0.2) is 0 Å². The molecule has 0 saturated carbocycles. The number of pyridine rings is 1. The second kappa shape index (κ2) is 5.14. The molecule has 3 nitrogen and oxygen atoms in total. The maximum absolute atomic E-state index is 12.8. The standard InChI is InChI=1S/C14H15FN2O/c1-14(10-18,11-6-8-16-9-7-11)17-13-4-2-12(15)3-5-13/h2-9,17-18H,10H2,1H3. The SMILES string of the molecule is CC(CO)(Nc1ccc(F)cc1)c1ccncc1. The molecule has 18 heavy (non-hydrogen) atoms. The Kier molecular flexibility index (Phi) is 3.58. The van der Waals surface area contributed by atoms with Gasteiger partial charge >= 0.3 is 0 Å². The number of halogens is 1. The Morgan fingerprint density at radius 1 is 1.17 bits per heavy atom. The summed E-state index contributed by atoms with van der Waals surface area (Å²) in [7, 11) is 0. The van der Waals surface area contributed by atoms with Crippen LogP contribution in [0.5, 0.6) is 0 Å². The Morgan fingerprint density at radius 3 is 2.33 bits per heavy atom. The number of nitrogens with zero attached hydrogens (tertiary/aromatic N) is 1. The highest BCUT2D eigenvalue weighted by atomic mass is 19.1. The maximum Gasteiger partial charge on any atom is 0.123 e. The molecule has 0 radical (unpaired) electrons. The summed E-state index contributed by atoms with van der Waals surface area (Å²) in [4.78, 5) is 3.95. The highest BCUT2D eigenvalue weighted by molar-refractivity contribution is 5.47. The van der Waals surface area contributed by atoms with Crippen molar-refractivity contribution < 1.29 is 9.50 Å². The largest absolute Gasteiger partial charge is 0.394 e. The first-order valence-corrected chi connectivity index (χ1v) is 5.69. The van der Waals surface area contributed by atoms with Gasteiger partial charge in [0.2, 0.25) is 0 Å². The average molecular weight is 246 g/mol. The van der Waals surface area contributed by atoms with E-state index in [4.69, 9.17) is 0 Å². The molecule has 0 saturated heterocycles. The molecule has 1 atom stereocenters. The van der Waals surface area contributed by atoms with Crippen LogP contribution in [0.25, 0.3) is 0 Å². The minimum Gasteiger partial charge on any atom is -0.394 e. The molecule has 0 aliphatic carbocycles. The van der Waals surface area contributed by atoms with Crippen molar-refractivity contribution in [2.45, 2.75) is 12.5 Å². The molecular weight excluding hydrogens is 231 g/mol. The second-order valence-electron chi connectivity index (χ2n) is 4.36. The third-order valence-corrected chi connectivity index (χ3v) is 2.90. The number of benzene rings is 1. The fraction of sp³-hybridized carbons (Fsp3) is 0.214. The van der Waals surface area contributed by atoms with Crippen LogP contribution < -0.4 is 5.32 Å². The van der Waals surface area contributed by atoms with Crippen LogP contribution in [0.2, 0.25) is 0 Å². The molecule has 2 aromatic rings. The first-order chi connectivity index (χ1) is 8.64. The lowest BCUT2D eigenvalue weighted by Crippen LogP contribution is -2.35. The van der Waals surface area contributed by atoms with E-state index in [9.17, 15) is 9.50 Å². The Hall–Kier alpha value is -1.94. The van der Waals surface area contributed by atoms with Gasteiger partial charge in [-0.05, 0) is 48.9 Å². The summed E-state index contributed by atoms with van der Waals surface area (Å²) < 4.78 is 12.8. The van der Waals surface area contributed by atoms with Gasteiger partial charge in [0, 0.05) is 18.1 Å². The lowest BCUT2D eigenvalue weighted by atomic mass is 9.93. The number of aromatic nitrogens is 1. The van der Waals surface area contributed by atoms with E-state index in [0.717, 1.165) is 11.3 Å². The van der Waals surface area contributed by atoms with Crippen molar-refractivity contribution in [3.05, 3.63) is 60.2 Å². The quantitative estimate of drug-likeness (QED) is 0.871. The van der Waals surface area contributed by atoms with E-state index in [2.05, 4.69) is 10.3 Å². The zero-order valence-corrected chi connectivity index (χ0v) is 10.1. The predicted molar refractivity (Wildman–Crippen MR) is 68.7 cm³/mol. The van der Waals surface area contributed by atoms with Gasteiger partial charge in [0.05, 0.1) is 12.1 Å². The predicted octanol–water partition coefficient (Wildman–Crippen LogP) is 2.54. The van der Waals surface area contributed by atoms with Gasteiger partial charge in [-0.25, -0.2) is 4.39 Å². The van der Waals surface area contributed by atoms with E-state index >= 15 is 0 Å². The van der Waals surface area contributed by atoms with Crippen molar-refractivity contribution in [2.24, 2.45) is 0 Å². The van der Waals surface area contributed by atoms with Crippen molar-refractivity contribution in [3.8, 4) is 0 Å². The number of rotatable bonds is 4. The summed E-state index contributed by atoms with van der Waals surface area (Å²) in [6.45, 7) is 1.81. The van der Waals surface area contributed by atoms with Gasteiger partial charge in [-0.2, -0.15) is 0 Å². The van der Waals surface area contributed by atoms with Crippen LogP contribution in [-0.4, -0.2) is 16.7 Å². The molecule has 2 N–H and O–H groups in total. The number of anilines is 1. The molecule has 1 heterocycles. The van der Waals surface area contributed by atoms with Crippen molar-refractivity contribution in [2.75, 3.05) is 11.9 Å². The number of aliphatic hydroxyl groups excluding tert-OH is 1. The highest BCUT2D eigenvalue weighted by Crippen LogP contribution is 2.25. The average Bonchev–Trinajstić information content (AvgIpc) is 2.42. The summed E-state index contributed by atoms with van der Waals surface area (Å²) in [5, 5.41) is 12.8. The van der Waals surface area contributed by atoms with Gasteiger partial charge < -0.3 is 10.4 Å². The minimum atomic E-state index is -0.624. The molecule has 1 unspecified atom stereocenters. The molecular formula is C14H15FN2O. The molecule has 0 spiro atoms. The number of nitrogens with one attached hydrogen (secondary N) is 1. The second-order valence-corrected chi connectivity index (χ2v) is 4.36. The maximum atomic E-state index is 12.8. The lowest BCUT2D eigenvalue weighted by molar-refractivity contribution is 0.224. The van der Waals surface area contributed by atoms with Crippen LogP contribution in [0, 0.1) is 5.82 Å². The first kappa shape index (κ1) is 12.5. The van der Waals surface area contributed by atoms with E-state index in [0.29, 0.717) is 0 Å². The fourth-order valence-corrected chi connectivity index (χ4v) is 1.77. The molecule has 2 rings (SSSR count). The Balaban J connectivity index is 2.26. The van der Waals surface area contributed by atoms with Gasteiger partial charge in [-0.15, -0.1) is 0 Å². The van der Waals surface area contributed by atoms with Crippen LogP contribution in [0.1, 0.15) is 12.5 Å². The normalized spacial score (nSPS) is 13.9. The number of hydrogen-bond acceptors (Lipinski definition) is 3. The third-order valence-electron chi connectivity index (χ3n) is 2.90. The van der Waals surface area contributed by atoms with Crippen LogP contribution in [0.4, 0.5) is 10.1 Å². The Morgan fingerprint density at radius 2 is 1.78 bits per heavy atom. The molecule has 0 aliphatic heterocycles. The summed E-state index contributed by atoms with van der Waals surface area (Å²) in [5.41, 5.74) is 1.05. The molecule has 1 aromatic carbocycles. The van der Waals surface area contributed by atoms with Gasteiger partial charge in [0.1, 0.15) is 5.82 Å². The molecule has 94 valence electrons. The van der Waals surface area contributed by atoms with E-state index < -0.39 is 5.54 Å². The summed E-state index contributed by atoms with van der Waals surface area (Å²) in [6.07, 6.45) is 3.35. The lowest BCUT2D eigenvalue weighted by Gasteiger charge is -2.30. The number of hydrogen-bond donors (Lipinski definition) is 2. The molecule has 0 aliphatic rings. The molecule has 0 fully saturated rings. The van der Waals surface area contributed by atoms with Crippen LogP contribution >= 0.6 is 0 Å². The highest BCUT2D eigenvalue weighted by Gasteiger charge is 2.25. The molecule has 1 aromatic heterocycles. The molecule has 0 amide bonds. The zero-order valence-electron chi connectivity index (χ0n) is 10.1. The molecule has 4 heteroatoms. The van der Waals surface area contributed by atoms with Crippen molar-refractivity contribution >= 4 is 5.69 Å². The van der Waals surface area contributed by atoms with Crippen molar-refractivity contribution in [1.29, 1.82) is 0 Å². The monoisotopic (exact) mass is 246 g/mol. The fourth-order valence-electron chi connectivity index (χ4n) is 1.77. The zero-order chi connectivity index (χ0) is 13.0. The summed E-state index contributed by atoms with van der Waals surface area (Å²) >= 11 is 0. The minimum absolute atomic E-state index is 0.0750. The van der Waals surface area contributed by atoms with Gasteiger partial charge in [-0.1, -0.05) is 0 Å². The van der Waals surface area contributed by atoms with Crippen molar-refractivity contribution in [1.82, 2.24) is 4.98 Å². The van der Waals surface area contributed by atoms with Gasteiger partial charge in [-0.3, -0.25) is 4.98 Å². The van der Waals surface area contributed by atoms with E-state index in [1.807, 2.05) is 19.1 Å². The Labute approximate surface area is 105 Å². The van der Waals surface area contributed by atoms with E-state index in [-0.39, 0.29) is 12.4 Å². The van der Waals surface area contributed by atoms with Gasteiger partial charge in [0.25, 0.3) is 0 Å². The van der Waals surface area contributed by atoms with Crippen LogP contribution in [-0.2, 0) is 5.54 Å². The summed E-state index contributed by atoms with van der Waals surface area (Å²) in [5.74, 6) is -0.282. The summed E-state index contributed by atoms with van der Waals surface area (Å²) in [6, 6.07) is 9.73. The smallest absolute Gasteiger partial charge is 0.123 e. The van der Waals surface area contributed by atoms with Crippen LogP contribution in [0.15, 0.2) is 48.8 Å². The third kappa shape index (κ3) is 2.65. The van der Waals surface area contributed by atoms with E-state index in [1.54, 1.807) is 24.5 Å². The molecule has 0 bridgehead atoms. The number of aliphatic hydroxyl groups is 1.